The van der Waals surface area contributed by atoms with Crippen LogP contribution >= 0.6 is 23.2 Å². The number of aliphatic imine (C=N–C) groups is 1. The predicted molar refractivity (Wildman–Crippen MR) is 95.2 cm³/mol. The van der Waals surface area contributed by atoms with Gasteiger partial charge in [-0.05, 0) is 36.4 Å². The summed E-state index contributed by atoms with van der Waals surface area (Å²) < 4.78 is 5.67. The summed E-state index contributed by atoms with van der Waals surface area (Å²) in [5.74, 6) is 0.950. The lowest BCUT2D eigenvalue weighted by Crippen LogP contribution is -2.05. The van der Waals surface area contributed by atoms with Crippen LogP contribution in [0.15, 0.2) is 64.1 Å². The van der Waals surface area contributed by atoms with Crippen molar-refractivity contribution in [3.05, 3.63) is 76.2 Å². The zero-order valence-corrected chi connectivity index (χ0v) is 14.0. The standard InChI is InChI=1S/C18H12Cl2N2O2/c19-14-5-3-4-13(18(14)20)17-8-7-12(24-17)10-21-11-16(23)15-6-1-2-9-22-15/h1-10H,11H2. The van der Waals surface area contributed by atoms with E-state index in [2.05, 4.69) is 9.98 Å². The first kappa shape index (κ1) is 16.4. The van der Waals surface area contributed by atoms with Crippen molar-refractivity contribution in [2.45, 2.75) is 0 Å². The summed E-state index contributed by atoms with van der Waals surface area (Å²) in [7, 11) is 0. The number of halogens is 2. The van der Waals surface area contributed by atoms with Gasteiger partial charge in [-0.15, -0.1) is 0 Å². The van der Waals surface area contributed by atoms with E-state index in [0.29, 0.717) is 32.8 Å². The van der Waals surface area contributed by atoms with Gasteiger partial charge in [-0.3, -0.25) is 14.8 Å². The fourth-order valence-corrected chi connectivity index (χ4v) is 2.48. The molecule has 120 valence electrons. The normalized spacial score (nSPS) is 11.1. The number of furan rings is 1. The van der Waals surface area contributed by atoms with Crippen molar-refractivity contribution in [2.75, 3.05) is 6.54 Å². The monoisotopic (exact) mass is 358 g/mol. The van der Waals surface area contributed by atoms with Gasteiger partial charge in [0.05, 0.1) is 16.3 Å². The van der Waals surface area contributed by atoms with Crippen molar-refractivity contribution in [3.8, 4) is 11.3 Å². The molecule has 1 aromatic carbocycles. The summed E-state index contributed by atoms with van der Waals surface area (Å²) in [6.45, 7) is 0.00493. The molecule has 0 fully saturated rings. The Morgan fingerprint density at radius 1 is 1.12 bits per heavy atom. The van der Waals surface area contributed by atoms with Crippen LogP contribution in [0.25, 0.3) is 11.3 Å². The van der Waals surface area contributed by atoms with Crippen molar-refractivity contribution in [1.82, 2.24) is 4.98 Å². The fourth-order valence-electron chi connectivity index (χ4n) is 2.09. The second-order valence-corrected chi connectivity index (χ2v) is 5.70. The third kappa shape index (κ3) is 3.72. The topological polar surface area (TPSA) is 55.5 Å². The molecule has 3 rings (SSSR count). The molecule has 0 saturated carbocycles. The SMILES string of the molecule is O=C(CN=Cc1ccc(-c2cccc(Cl)c2Cl)o1)c1ccccn1. The lowest BCUT2D eigenvalue weighted by molar-refractivity contribution is 0.0997. The summed E-state index contributed by atoms with van der Waals surface area (Å²) in [6, 6.07) is 14.0. The highest BCUT2D eigenvalue weighted by Gasteiger charge is 2.10. The molecule has 2 heterocycles. The van der Waals surface area contributed by atoms with Crippen LogP contribution in [0.3, 0.4) is 0 Å². The average molecular weight is 359 g/mol. The molecule has 0 amide bonds. The smallest absolute Gasteiger partial charge is 0.202 e. The molecule has 0 unspecified atom stereocenters. The van der Waals surface area contributed by atoms with Crippen LogP contribution in [0.4, 0.5) is 0 Å². The molecule has 0 N–H and O–H groups in total. The molecule has 6 heteroatoms. The Hall–Kier alpha value is -2.43. The third-order valence-corrected chi connectivity index (χ3v) is 4.07. The van der Waals surface area contributed by atoms with Crippen LogP contribution in [-0.2, 0) is 0 Å². The van der Waals surface area contributed by atoms with Gasteiger partial charge in [0.2, 0.25) is 5.78 Å². The zero-order chi connectivity index (χ0) is 16.9. The number of carbonyl (C=O) groups is 1. The van der Waals surface area contributed by atoms with Gasteiger partial charge in [-0.2, -0.15) is 0 Å². The molecule has 3 aromatic rings. The first-order valence-corrected chi connectivity index (χ1v) is 7.89. The molecule has 0 aliphatic heterocycles. The number of aromatic nitrogens is 1. The summed E-state index contributed by atoms with van der Waals surface area (Å²) >= 11 is 12.2. The van der Waals surface area contributed by atoms with Gasteiger partial charge in [0, 0.05) is 11.8 Å². The minimum absolute atomic E-state index is 0.00493. The number of pyridine rings is 1. The molecule has 4 nitrogen and oxygen atoms in total. The summed E-state index contributed by atoms with van der Waals surface area (Å²) in [6.07, 6.45) is 3.08. The van der Waals surface area contributed by atoms with Crippen LogP contribution in [0.2, 0.25) is 10.0 Å². The largest absolute Gasteiger partial charge is 0.455 e. The maximum Gasteiger partial charge on any atom is 0.202 e. The van der Waals surface area contributed by atoms with E-state index < -0.39 is 0 Å². The number of benzene rings is 1. The van der Waals surface area contributed by atoms with Gasteiger partial charge >= 0.3 is 0 Å². The highest BCUT2D eigenvalue weighted by molar-refractivity contribution is 6.43. The highest BCUT2D eigenvalue weighted by Crippen LogP contribution is 2.34. The van der Waals surface area contributed by atoms with Crippen molar-refractivity contribution in [3.63, 3.8) is 0 Å². The van der Waals surface area contributed by atoms with E-state index in [1.165, 1.54) is 6.21 Å². The number of carbonyl (C=O) groups excluding carboxylic acids is 1. The molecule has 0 atom stereocenters. The minimum atomic E-state index is -0.156. The number of hydrogen-bond donors (Lipinski definition) is 0. The molecular formula is C18H12Cl2N2O2. The lowest BCUT2D eigenvalue weighted by atomic mass is 10.2. The molecule has 0 aliphatic rings. The van der Waals surface area contributed by atoms with Gasteiger partial charge in [0.15, 0.2) is 0 Å². The Morgan fingerprint density at radius 2 is 2.00 bits per heavy atom. The molecule has 0 aliphatic carbocycles. The van der Waals surface area contributed by atoms with E-state index in [0.717, 1.165) is 0 Å². The van der Waals surface area contributed by atoms with E-state index in [9.17, 15) is 4.79 Å². The maximum atomic E-state index is 11.9. The molecule has 0 saturated heterocycles. The minimum Gasteiger partial charge on any atom is -0.455 e. The number of nitrogens with zero attached hydrogens (tertiary/aromatic N) is 2. The van der Waals surface area contributed by atoms with Crippen molar-refractivity contribution >= 4 is 35.2 Å². The Balaban J connectivity index is 1.70. The van der Waals surface area contributed by atoms with Crippen molar-refractivity contribution in [1.29, 1.82) is 0 Å². The second kappa shape index (κ2) is 7.43. The van der Waals surface area contributed by atoms with Gasteiger partial charge in [0.1, 0.15) is 23.8 Å². The molecule has 24 heavy (non-hydrogen) atoms. The second-order valence-electron chi connectivity index (χ2n) is 4.91. The first-order chi connectivity index (χ1) is 11.6. The van der Waals surface area contributed by atoms with E-state index in [-0.39, 0.29) is 12.3 Å². The van der Waals surface area contributed by atoms with Crippen molar-refractivity contribution in [2.24, 2.45) is 4.99 Å². The summed E-state index contributed by atoms with van der Waals surface area (Å²) in [5.41, 5.74) is 1.09. The predicted octanol–water partition coefficient (Wildman–Crippen LogP) is 4.95. The Morgan fingerprint density at radius 3 is 2.79 bits per heavy atom. The number of ketones is 1. The Kier molecular flexibility index (Phi) is 5.08. The Labute approximate surface area is 148 Å². The van der Waals surface area contributed by atoms with Crippen LogP contribution in [0, 0.1) is 0 Å². The van der Waals surface area contributed by atoms with Crippen LogP contribution in [0.1, 0.15) is 16.2 Å². The zero-order valence-electron chi connectivity index (χ0n) is 12.4. The molecule has 0 radical (unpaired) electrons. The van der Waals surface area contributed by atoms with Crippen LogP contribution in [0.5, 0.6) is 0 Å². The lowest BCUT2D eigenvalue weighted by Gasteiger charge is -2.01. The van der Waals surface area contributed by atoms with E-state index in [1.54, 1.807) is 48.7 Å². The maximum absolute atomic E-state index is 11.9. The number of Topliss-reactive ketones (excluding diaryl/α,β-unsaturated/α-hetero) is 1. The van der Waals surface area contributed by atoms with Gasteiger partial charge in [0.25, 0.3) is 0 Å². The highest BCUT2D eigenvalue weighted by atomic mass is 35.5. The first-order valence-electron chi connectivity index (χ1n) is 7.13. The molecule has 0 bridgehead atoms. The summed E-state index contributed by atoms with van der Waals surface area (Å²) in [5, 5.41) is 0.893. The molecular weight excluding hydrogens is 347 g/mol. The summed E-state index contributed by atoms with van der Waals surface area (Å²) in [4.78, 5) is 20.0. The van der Waals surface area contributed by atoms with E-state index in [1.807, 2.05) is 6.07 Å². The number of rotatable bonds is 5. The molecule has 2 aromatic heterocycles. The third-order valence-electron chi connectivity index (χ3n) is 3.25. The molecule has 0 spiro atoms. The average Bonchev–Trinajstić information content (AvgIpc) is 3.06. The van der Waals surface area contributed by atoms with E-state index in [4.69, 9.17) is 27.6 Å². The van der Waals surface area contributed by atoms with Gasteiger partial charge < -0.3 is 4.42 Å². The quantitative estimate of drug-likeness (QED) is 0.478. The van der Waals surface area contributed by atoms with E-state index >= 15 is 0 Å². The van der Waals surface area contributed by atoms with Crippen LogP contribution in [-0.4, -0.2) is 23.5 Å². The van der Waals surface area contributed by atoms with Gasteiger partial charge in [-0.25, -0.2) is 0 Å². The van der Waals surface area contributed by atoms with Crippen molar-refractivity contribution < 1.29 is 9.21 Å². The van der Waals surface area contributed by atoms with Crippen LogP contribution < -0.4 is 0 Å². The fraction of sp³-hybridized carbons (Fsp3) is 0.0556. The Bertz CT molecular complexity index is 889. The number of hydrogen-bond acceptors (Lipinski definition) is 4. The van der Waals surface area contributed by atoms with Gasteiger partial charge in [-0.1, -0.05) is 35.3 Å².